The Kier molecular flexibility index (Phi) is 8.97. The number of nitrogens with zero attached hydrogens (tertiary/aromatic N) is 2. The zero-order valence-electron chi connectivity index (χ0n) is 21.5. The van der Waals surface area contributed by atoms with Crippen molar-refractivity contribution in [2.75, 3.05) is 20.3 Å². The number of methoxy groups -OCH3 is 1. The molecule has 200 valence electrons. The maximum Gasteiger partial charge on any atom is 0.338 e. The molecule has 0 spiro atoms. The van der Waals surface area contributed by atoms with Crippen LogP contribution in [-0.4, -0.2) is 30.9 Å². The Morgan fingerprint density at radius 2 is 1.79 bits per heavy atom. The number of carbonyl (C=O) groups is 1. The first kappa shape index (κ1) is 28.0. The molecule has 2 heterocycles. The Bertz CT molecular complexity index is 1570. The third kappa shape index (κ3) is 5.53. The predicted molar refractivity (Wildman–Crippen MR) is 150 cm³/mol. The van der Waals surface area contributed by atoms with Gasteiger partial charge < -0.3 is 14.2 Å². The quantitative estimate of drug-likeness (QED) is 0.324. The zero-order valence-corrected chi connectivity index (χ0v) is 23.9. The highest BCUT2D eigenvalue weighted by atomic mass is 35.5. The average Bonchev–Trinajstić information content (AvgIpc) is 3.19. The van der Waals surface area contributed by atoms with Crippen molar-refractivity contribution >= 4 is 46.6 Å². The predicted octanol–water partition coefficient (Wildman–Crippen LogP) is 5.29. The molecule has 0 fully saturated rings. The first-order chi connectivity index (χ1) is 18.3. The number of ether oxygens (including phenoxy) is 3. The summed E-state index contributed by atoms with van der Waals surface area (Å²) in [6.07, 6.45) is 3.01. The largest absolute Gasteiger partial charge is 0.496 e. The second-order valence-corrected chi connectivity index (χ2v) is 10.3. The summed E-state index contributed by atoms with van der Waals surface area (Å²) in [5.41, 5.74) is 1.78. The van der Waals surface area contributed by atoms with Gasteiger partial charge in [-0.3, -0.25) is 9.36 Å². The second-order valence-electron chi connectivity index (χ2n) is 8.41. The molecule has 0 bridgehead atoms. The Morgan fingerprint density at radius 1 is 1.08 bits per heavy atom. The molecule has 1 aliphatic heterocycles. The molecule has 38 heavy (non-hydrogen) atoms. The highest BCUT2D eigenvalue weighted by Crippen LogP contribution is 2.38. The van der Waals surface area contributed by atoms with Crippen LogP contribution >= 0.6 is 34.5 Å². The lowest BCUT2D eigenvalue weighted by Gasteiger charge is -2.27. The highest BCUT2D eigenvalue weighted by molar-refractivity contribution is 7.07. The van der Waals surface area contributed by atoms with Crippen molar-refractivity contribution < 1.29 is 19.0 Å². The topological polar surface area (TPSA) is 79.1 Å². The average molecular weight is 576 g/mol. The molecule has 0 radical (unpaired) electrons. The summed E-state index contributed by atoms with van der Waals surface area (Å²) in [7, 11) is 1.53. The van der Waals surface area contributed by atoms with Crippen LogP contribution in [-0.2, 0) is 9.53 Å². The van der Waals surface area contributed by atoms with E-state index in [1.54, 1.807) is 49.4 Å². The Morgan fingerprint density at radius 3 is 2.45 bits per heavy atom. The van der Waals surface area contributed by atoms with Gasteiger partial charge in [0.25, 0.3) is 5.56 Å². The van der Waals surface area contributed by atoms with E-state index in [4.69, 9.17) is 42.4 Å². The van der Waals surface area contributed by atoms with E-state index < -0.39 is 12.0 Å². The van der Waals surface area contributed by atoms with E-state index in [1.165, 1.54) is 23.0 Å². The Balaban J connectivity index is 2.05. The number of fused-ring (bicyclic) bond motifs is 1. The van der Waals surface area contributed by atoms with Gasteiger partial charge in [0.05, 0.1) is 36.1 Å². The molecule has 0 N–H and O–H groups in total. The number of benzene rings is 2. The number of esters is 1. The van der Waals surface area contributed by atoms with Crippen molar-refractivity contribution in [3.05, 3.63) is 88.5 Å². The molecule has 7 nitrogen and oxygen atoms in total. The standard InChI is InChI=1S/C28H28Cl2N2O5S/c1-5-8-20-24(27(34)37-7-3)25(19-15-18(30)10-12-22(19)35-4)32-26(33)23(38-28(32)31-20)14-16-13-17(29)9-11-21(16)36-6-2/h9-15,25H,5-8H2,1-4H3/b23-14+/t25-/m1/s1. The molecule has 3 aromatic rings. The van der Waals surface area contributed by atoms with Gasteiger partial charge in [0.2, 0.25) is 0 Å². The van der Waals surface area contributed by atoms with E-state index >= 15 is 0 Å². The van der Waals surface area contributed by atoms with Gasteiger partial charge >= 0.3 is 5.97 Å². The molecule has 0 saturated carbocycles. The first-order valence-corrected chi connectivity index (χ1v) is 13.9. The van der Waals surface area contributed by atoms with Crippen LogP contribution in [0.5, 0.6) is 11.5 Å². The van der Waals surface area contributed by atoms with E-state index in [2.05, 4.69) is 0 Å². The van der Waals surface area contributed by atoms with Gasteiger partial charge in [-0.1, -0.05) is 47.9 Å². The zero-order chi connectivity index (χ0) is 27.4. The summed E-state index contributed by atoms with van der Waals surface area (Å²) in [6.45, 7) is 6.27. The lowest BCUT2D eigenvalue weighted by molar-refractivity contribution is -0.139. The van der Waals surface area contributed by atoms with Gasteiger partial charge in [-0.2, -0.15) is 0 Å². The fourth-order valence-electron chi connectivity index (χ4n) is 4.39. The molecule has 4 rings (SSSR count). The lowest BCUT2D eigenvalue weighted by atomic mass is 9.93. The van der Waals surface area contributed by atoms with Gasteiger partial charge in [0, 0.05) is 21.2 Å². The van der Waals surface area contributed by atoms with Crippen molar-refractivity contribution in [3.63, 3.8) is 0 Å². The van der Waals surface area contributed by atoms with Crippen LogP contribution in [0.2, 0.25) is 10.0 Å². The van der Waals surface area contributed by atoms with Gasteiger partial charge in [0.15, 0.2) is 4.80 Å². The summed E-state index contributed by atoms with van der Waals surface area (Å²) in [4.78, 5) is 32.6. The van der Waals surface area contributed by atoms with Crippen LogP contribution in [0.4, 0.5) is 0 Å². The van der Waals surface area contributed by atoms with Crippen molar-refractivity contribution in [1.29, 1.82) is 0 Å². The summed E-state index contributed by atoms with van der Waals surface area (Å²) >= 11 is 13.9. The Hall–Kier alpha value is -3.07. The van der Waals surface area contributed by atoms with Gasteiger partial charge in [-0.15, -0.1) is 0 Å². The molecule has 0 aliphatic carbocycles. The van der Waals surface area contributed by atoms with E-state index in [0.717, 1.165) is 6.42 Å². The smallest absolute Gasteiger partial charge is 0.338 e. The third-order valence-corrected chi connectivity index (χ3v) is 7.39. The molecule has 0 amide bonds. The number of aromatic nitrogens is 1. The SMILES string of the molecule is CCCC1=C(C(=O)OCC)[C@@H](c2cc(Cl)ccc2OC)n2c(s/c(=C/c3cc(Cl)ccc3OCC)c2=O)=N1. The van der Waals surface area contributed by atoms with Crippen LogP contribution in [0.25, 0.3) is 6.08 Å². The summed E-state index contributed by atoms with van der Waals surface area (Å²) < 4.78 is 18.8. The summed E-state index contributed by atoms with van der Waals surface area (Å²) in [6, 6.07) is 9.54. The molecule has 0 saturated heterocycles. The van der Waals surface area contributed by atoms with Crippen molar-refractivity contribution in [2.24, 2.45) is 4.99 Å². The minimum Gasteiger partial charge on any atom is -0.496 e. The van der Waals surface area contributed by atoms with Crippen LogP contribution in [0.3, 0.4) is 0 Å². The molecular weight excluding hydrogens is 547 g/mol. The number of rotatable bonds is 9. The first-order valence-electron chi connectivity index (χ1n) is 12.3. The highest BCUT2D eigenvalue weighted by Gasteiger charge is 2.36. The minimum absolute atomic E-state index is 0.181. The van der Waals surface area contributed by atoms with Gasteiger partial charge in [0.1, 0.15) is 17.5 Å². The molecule has 10 heteroatoms. The van der Waals surface area contributed by atoms with Gasteiger partial charge in [-0.05, 0) is 62.7 Å². The fraction of sp³-hybridized carbons (Fsp3) is 0.321. The Labute approximate surface area is 234 Å². The minimum atomic E-state index is -0.839. The summed E-state index contributed by atoms with van der Waals surface area (Å²) in [5, 5.41) is 0.962. The summed E-state index contributed by atoms with van der Waals surface area (Å²) in [5.74, 6) is 0.561. The van der Waals surface area contributed by atoms with Crippen molar-refractivity contribution in [2.45, 2.75) is 39.7 Å². The second kappa shape index (κ2) is 12.2. The lowest BCUT2D eigenvalue weighted by Crippen LogP contribution is -2.40. The molecular formula is C28H28Cl2N2O5S. The number of carbonyl (C=O) groups excluding carboxylic acids is 1. The van der Waals surface area contributed by atoms with Crippen LogP contribution in [0, 0.1) is 0 Å². The number of thiazole rings is 1. The molecule has 1 aliphatic rings. The molecule has 0 unspecified atom stereocenters. The normalized spacial score (nSPS) is 15.2. The third-order valence-electron chi connectivity index (χ3n) is 5.94. The molecule has 1 atom stereocenters. The van der Waals surface area contributed by atoms with Crippen molar-refractivity contribution in [1.82, 2.24) is 4.57 Å². The van der Waals surface area contributed by atoms with E-state index in [0.29, 0.717) is 66.3 Å². The maximum absolute atomic E-state index is 14.0. The fourth-order valence-corrected chi connectivity index (χ4v) is 5.77. The van der Waals surface area contributed by atoms with Crippen LogP contribution in [0.1, 0.15) is 50.8 Å². The molecule has 1 aromatic heterocycles. The van der Waals surface area contributed by atoms with E-state index in [-0.39, 0.29) is 12.2 Å². The van der Waals surface area contributed by atoms with Crippen molar-refractivity contribution in [3.8, 4) is 11.5 Å². The van der Waals surface area contributed by atoms with E-state index in [9.17, 15) is 9.59 Å². The van der Waals surface area contributed by atoms with Crippen LogP contribution in [0.15, 0.2) is 57.5 Å². The molecule has 2 aromatic carbocycles. The monoisotopic (exact) mass is 574 g/mol. The van der Waals surface area contributed by atoms with Crippen LogP contribution < -0.4 is 24.4 Å². The number of halogens is 2. The van der Waals surface area contributed by atoms with E-state index in [1.807, 2.05) is 13.8 Å². The maximum atomic E-state index is 14.0. The number of hydrogen-bond donors (Lipinski definition) is 0. The van der Waals surface area contributed by atoms with Gasteiger partial charge in [-0.25, -0.2) is 9.79 Å². The number of allylic oxidation sites excluding steroid dienone is 1. The number of hydrogen-bond acceptors (Lipinski definition) is 7.